The second-order valence-corrected chi connectivity index (χ2v) is 5.92. The Labute approximate surface area is 128 Å². The van der Waals surface area contributed by atoms with Crippen molar-refractivity contribution in [1.29, 1.82) is 0 Å². The molecule has 0 amide bonds. The maximum absolute atomic E-state index is 5.86. The summed E-state index contributed by atoms with van der Waals surface area (Å²) in [5.74, 6) is 1.68. The second-order valence-electron chi connectivity index (χ2n) is 4.89. The molecule has 0 spiro atoms. The maximum Gasteiger partial charge on any atom is 0.163 e. The van der Waals surface area contributed by atoms with E-state index in [0.29, 0.717) is 6.04 Å². The van der Waals surface area contributed by atoms with Gasteiger partial charge in [-0.3, -0.25) is 0 Å². The minimum Gasteiger partial charge on any atom is -0.454 e. The Bertz CT molecular complexity index is 724. The Hall–Kier alpha value is -1.91. The highest BCUT2D eigenvalue weighted by Gasteiger charge is 2.09. The van der Waals surface area contributed by atoms with E-state index >= 15 is 0 Å². The van der Waals surface area contributed by atoms with Gasteiger partial charge in [0, 0.05) is 6.04 Å². The first-order valence-electron chi connectivity index (χ1n) is 7.13. The van der Waals surface area contributed by atoms with Crippen molar-refractivity contribution < 1.29 is 4.42 Å². The van der Waals surface area contributed by atoms with Crippen molar-refractivity contribution in [3.8, 4) is 10.8 Å². The van der Waals surface area contributed by atoms with Crippen molar-refractivity contribution >= 4 is 27.6 Å². The van der Waals surface area contributed by atoms with Gasteiger partial charge >= 0.3 is 0 Å². The van der Waals surface area contributed by atoms with Gasteiger partial charge in [-0.25, -0.2) is 4.98 Å². The Kier molecular flexibility index (Phi) is 4.18. The lowest BCUT2D eigenvalue weighted by Crippen LogP contribution is -2.22. The van der Waals surface area contributed by atoms with Crippen LogP contribution in [-0.2, 0) is 0 Å². The van der Waals surface area contributed by atoms with Crippen LogP contribution in [0.2, 0.25) is 0 Å². The molecule has 2 heterocycles. The standard InChI is InChI=1S/C17H18N2OS/c1-3-18-12(2)8-9-13-10-11-15(20-13)17-19-14-6-4-5-7-16(14)21-17/h4-12,18H,3H2,1-2H3/b9-8+. The molecule has 3 aromatic rings. The molecule has 0 bridgehead atoms. The number of rotatable bonds is 5. The van der Waals surface area contributed by atoms with Crippen LogP contribution < -0.4 is 5.32 Å². The molecular weight excluding hydrogens is 280 g/mol. The number of para-hydroxylation sites is 1. The topological polar surface area (TPSA) is 38.1 Å². The molecule has 0 aliphatic rings. The monoisotopic (exact) mass is 298 g/mol. The third kappa shape index (κ3) is 3.23. The van der Waals surface area contributed by atoms with Crippen LogP contribution in [0.3, 0.4) is 0 Å². The van der Waals surface area contributed by atoms with Crippen LogP contribution in [0.25, 0.3) is 27.1 Å². The van der Waals surface area contributed by atoms with Gasteiger partial charge in [0.1, 0.15) is 5.76 Å². The number of aromatic nitrogens is 1. The van der Waals surface area contributed by atoms with E-state index < -0.39 is 0 Å². The van der Waals surface area contributed by atoms with Crippen LogP contribution >= 0.6 is 11.3 Å². The molecule has 0 aliphatic heterocycles. The van der Waals surface area contributed by atoms with E-state index in [9.17, 15) is 0 Å². The fourth-order valence-corrected chi connectivity index (χ4v) is 3.09. The SMILES string of the molecule is CCNC(C)/C=C/c1ccc(-c2nc3ccccc3s2)o1. The fraction of sp³-hybridized carbons (Fsp3) is 0.235. The number of fused-ring (bicyclic) bond motifs is 1. The summed E-state index contributed by atoms with van der Waals surface area (Å²) in [4.78, 5) is 4.61. The van der Waals surface area contributed by atoms with Gasteiger partial charge in [0.15, 0.2) is 10.8 Å². The average Bonchev–Trinajstić information content (AvgIpc) is 3.11. The molecule has 1 aromatic carbocycles. The van der Waals surface area contributed by atoms with Crippen LogP contribution in [0.15, 0.2) is 46.9 Å². The van der Waals surface area contributed by atoms with Crippen molar-refractivity contribution in [1.82, 2.24) is 10.3 Å². The molecule has 2 aromatic heterocycles. The van der Waals surface area contributed by atoms with Crippen LogP contribution in [0.1, 0.15) is 19.6 Å². The summed E-state index contributed by atoms with van der Waals surface area (Å²) < 4.78 is 7.04. The van der Waals surface area contributed by atoms with Crippen molar-refractivity contribution in [2.24, 2.45) is 0 Å². The van der Waals surface area contributed by atoms with E-state index in [4.69, 9.17) is 4.42 Å². The van der Waals surface area contributed by atoms with Crippen LogP contribution in [0.4, 0.5) is 0 Å². The molecular formula is C17H18N2OS. The lowest BCUT2D eigenvalue weighted by molar-refractivity contribution is 0.570. The van der Waals surface area contributed by atoms with Gasteiger partial charge in [0.25, 0.3) is 0 Å². The van der Waals surface area contributed by atoms with E-state index in [1.54, 1.807) is 11.3 Å². The summed E-state index contributed by atoms with van der Waals surface area (Å²) in [6.07, 6.45) is 4.11. The zero-order valence-electron chi connectivity index (χ0n) is 12.2. The molecule has 1 unspecified atom stereocenters. The normalized spacial score (nSPS) is 13.2. The molecule has 21 heavy (non-hydrogen) atoms. The lowest BCUT2D eigenvalue weighted by Gasteiger charge is -2.04. The van der Waals surface area contributed by atoms with Crippen LogP contribution in [-0.4, -0.2) is 17.6 Å². The van der Waals surface area contributed by atoms with E-state index in [1.165, 1.54) is 4.70 Å². The zero-order chi connectivity index (χ0) is 14.7. The molecule has 3 nitrogen and oxygen atoms in total. The first kappa shape index (κ1) is 14.0. The van der Waals surface area contributed by atoms with Gasteiger partial charge in [0.2, 0.25) is 0 Å². The predicted octanol–water partition coefficient (Wildman–Crippen LogP) is 4.57. The summed E-state index contributed by atoms with van der Waals surface area (Å²) in [5, 5.41) is 4.26. The van der Waals surface area contributed by atoms with E-state index in [0.717, 1.165) is 28.6 Å². The largest absolute Gasteiger partial charge is 0.454 e. The highest BCUT2D eigenvalue weighted by atomic mass is 32.1. The van der Waals surface area contributed by atoms with Crippen molar-refractivity contribution in [2.75, 3.05) is 6.54 Å². The lowest BCUT2D eigenvalue weighted by atomic mass is 10.3. The number of likely N-dealkylation sites (N-methyl/N-ethyl adjacent to an activating group) is 1. The van der Waals surface area contributed by atoms with Crippen molar-refractivity contribution in [3.05, 3.63) is 48.2 Å². The minimum absolute atomic E-state index is 0.339. The van der Waals surface area contributed by atoms with Gasteiger partial charge in [-0.1, -0.05) is 25.1 Å². The second kappa shape index (κ2) is 6.24. The fourth-order valence-electron chi connectivity index (χ4n) is 2.16. The van der Waals surface area contributed by atoms with E-state index in [2.05, 4.69) is 36.3 Å². The van der Waals surface area contributed by atoms with Gasteiger partial charge in [-0.2, -0.15) is 0 Å². The Balaban J connectivity index is 1.81. The Morgan fingerprint density at radius 1 is 1.29 bits per heavy atom. The zero-order valence-corrected chi connectivity index (χ0v) is 13.0. The molecule has 0 aliphatic carbocycles. The van der Waals surface area contributed by atoms with Crippen LogP contribution in [0.5, 0.6) is 0 Å². The average molecular weight is 298 g/mol. The highest BCUT2D eigenvalue weighted by Crippen LogP contribution is 2.31. The molecule has 0 saturated heterocycles. The summed E-state index contributed by atoms with van der Waals surface area (Å²) in [6.45, 7) is 5.18. The predicted molar refractivity (Wildman–Crippen MR) is 89.5 cm³/mol. The van der Waals surface area contributed by atoms with Crippen molar-refractivity contribution in [3.63, 3.8) is 0 Å². The summed E-state index contributed by atoms with van der Waals surface area (Å²) in [5.41, 5.74) is 1.02. The molecule has 0 saturated carbocycles. The smallest absolute Gasteiger partial charge is 0.163 e. The number of furan rings is 1. The van der Waals surface area contributed by atoms with Crippen LogP contribution in [0, 0.1) is 0 Å². The summed E-state index contributed by atoms with van der Waals surface area (Å²) in [7, 11) is 0. The third-order valence-electron chi connectivity index (χ3n) is 3.21. The number of nitrogens with one attached hydrogen (secondary N) is 1. The van der Waals surface area contributed by atoms with E-state index in [-0.39, 0.29) is 0 Å². The first-order chi connectivity index (χ1) is 10.3. The molecule has 3 rings (SSSR count). The molecule has 4 heteroatoms. The van der Waals surface area contributed by atoms with Gasteiger partial charge in [-0.15, -0.1) is 11.3 Å². The van der Waals surface area contributed by atoms with Crippen molar-refractivity contribution in [2.45, 2.75) is 19.9 Å². The van der Waals surface area contributed by atoms with Gasteiger partial charge in [-0.05, 0) is 43.8 Å². The van der Waals surface area contributed by atoms with E-state index in [1.807, 2.05) is 36.4 Å². The Morgan fingerprint density at radius 2 is 2.14 bits per heavy atom. The Morgan fingerprint density at radius 3 is 2.95 bits per heavy atom. The summed E-state index contributed by atoms with van der Waals surface area (Å²) >= 11 is 1.65. The third-order valence-corrected chi connectivity index (χ3v) is 4.26. The first-order valence-corrected chi connectivity index (χ1v) is 7.95. The molecule has 1 atom stereocenters. The number of hydrogen-bond donors (Lipinski definition) is 1. The number of nitrogens with zero attached hydrogens (tertiary/aromatic N) is 1. The molecule has 108 valence electrons. The number of hydrogen-bond acceptors (Lipinski definition) is 4. The van der Waals surface area contributed by atoms with Gasteiger partial charge in [0.05, 0.1) is 10.2 Å². The summed E-state index contributed by atoms with van der Waals surface area (Å²) in [6, 6.07) is 12.4. The minimum atomic E-state index is 0.339. The van der Waals surface area contributed by atoms with Gasteiger partial charge < -0.3 is 9.73 Å². The number of benzene rings is 1. The number of thiazole rings is 1. The quantitative estimate of drug-likeness (QED) is 0.750. The molecule has 1 N–H and O–H groups in total. The maximum atomic E-state index is 5.86. The molecule has 0 fully saturated rings. The molecule has 0 radical (unpaired) electrons. The highest BCUT2D eigenvalue weighted by molar-refractivity contribution is 7.21.